The first-order chi connectivity index (χ1) is 7.22. The van der Waals surface area contributed by atoms with Gasteiger partial charge in [-0.05, 0) is 31.0 Å². The summed E-state index contributed by atoms with van der Waals surface area (Å²) in [5, 5.41) is 12.0. The second-order valence-corrected chi connectivity index (χ2v) is 3.21. The Hall–Kier alpha value is -1.71. The van der Waals surface area contributed by atoms with Gasteiger partial charge < -0.3 is 16.2 Å². The highest BCUT2D eigenvalue weighted by Crippen LogP contribution is 2.09. The molecular formula is C11H17N3O. The van der Waals surface area contributed by atoms with Crippen LogP contribution in [0.25, 0.3) is 0 Å². The minimum Gasteiger partial charge on any atom is -0.508 e. The summed E-state index contributed by atoms with van der Waals surface area (Å²) in [4.78, 5) is 4.15. The molecule has 0 fully saturated rings. The van der Waals surface area contributed by atoms with Crippen molar-refractivity contribution in [3.05, 3.63) is 29.8 Å². The molecule has 0 aliphatic carbocycles. The molecule has 0 spiro atoms. The van der Waals surface area contributed by atoms with E-state index in [1.54, 1.807) is 12.1 Å². The van der Waals surface area contributed by atoms with Crippen LogP contribution < -0.4 is 11.1 Å². The summed E-state index contributed by atoms with van der Waals surface area (Å²) in [6, 6.07) is 7.11. The predicted molar refractivity (Wildman–Crippen MR) is 62.0 cm³/mol. The maximum absolute atomic E-state index is 9.08. The molecule has 0 atom stereocenters. The van der Waals surface area contributed by atoms with Gasteiger partial charge in [0.2, 0.25) is 0 Å². The molecule has 1 aromatic rings. The number of aliphatic imine (C=N–C) groups is 1. The van der Waals surface area contributed by atoms with Gasteiger partial charge in [0.25, 0.3) is 0 Å². The van der Waals surface area contributed by atoms with Gasteiger partial charge in [0.1, 0.15) is 5.75 Å². The molecule has 0 saturated carbocycles. The van der Waals surface area contributed by atoms with Crippen molar-refractivity contribution < 1.29 is 5.11 Å². The lowest BCUT2D eigenvalue weighted by Crippen LogP contribution is -2.31. The number of nitrogens with zero attached hydrogens (tertiary/aromatic N) is 1. The molecule has 0 radical (unpaired) electrons. The van der Waals surface area contributed by atoms with E-state index in [-0.39, 0.29) is 5.75 Å². The van der Waals surface area contributed by atoms with Crippen molar-refractivity contribution in [2.24, 2.45) is 10.7 Å². The van der Waals surface area contributed by atoms with Gasteiger partial charge in [-0.1, -0.05) is 12.1 Å². The number of rotatable bonds is 4. The molecule has 82 valence electrons. The number of phenols is 1. The van der Waals surface area contributed by atoms with E-state index in [4.69, 9.17) is 10.8 Å². The smallest absolute Gasteiger partial charge is 0.188 e. The summed E-state index contributed by atoms with van der Waals surface area (Å²) in [6.07, 6.45) is 0.826. The average Bonchev–Trinajstić information content (AvgIpc) is 2.21. The Morgan fingerprint density at radius 1 is 1.40 bits per heavy atom. The molecule has 4 nitrogen and oxygen atoms in total. The van der Waals surface area contributed by atoms with Gasteiger partial charge in [-0.15, -0.1) is 0 Å². The standard InChI is InChI=1S/C11H17N3O/c1-2-13-11(12)14-8-7-9-3-5-10(15)6-4-9/h3-6,15H,2,7-8H2,1H3,(H3,12,13,14). The predicted octanol–water partition coefficient (Wildman–Crippen LogP) is 0.859. The van der Waals surface area contributed by atoms with E-state index in [2.05, 4.69) is 10.3 Å². The first-order valence-electron chi connectivity index (χ1n) is 5.04. The van der Waals surface area contributed by atoms with Crippen molar-refractivity contribution in [2.75, 3.05) is 13.1 Å². The molecule has 1 aromatic carbocycles. The molecule has 0 bridgehead atoms. The minimum atomic E-state index is 0.286. The molecule has 0 aliphatic rings. The Bertz CT molecular complexity index is 319. The van der Waals surface area contributed by atoms with Crippen LogP contribution in [-0.4, -0.2) is 24.2 Å². The highest BCUT2D eigenvalue weighted by molar-refractivity contribution is 5.77. The van der Waals surface area contributed by atoms with Crippen LogP contribution in [0.15, 0.2) is 29.3 Å². The monoisotopic (exact) mass is 207 g/mol. The molecule has 4 N–H and O–H groups in total. The molecule has 15 heavy (non-hydrogen) atoms. The fourth-order valence-corrected chi connectivity index (χ4v) is 1.21. The van der Waals surface area contributed by atoms with Crippen LogP contribution in [0.3, 0.4) is 0 Å². The first-order valence-corrected chi connectivity index (χ1v) is 5.04. The zero-order chi connectivity index (χ0) is 11.1. The number of phenolic OH excluding ortho intramolecular Hbond substituents is 1. The van der Waals surface area contributed by atoms with E-state index in [1.165, 1.54) is 0 Å². The minimum absolute atomic E-state index is 0.286. The topological polar surface area (TPSA) is 70.6 Å². The average molecular weight is 207 g/mol. The fourth-order valence-electron chi connectivity index (χ4n) is 1.21. The van der Waals surface area contributed by atoms with Gasteiger partial charge in [-0.3, -0.25) is 4.99 Å². The molecule has 0 heterocycles. The number of hydrogen-bond donors (Lipinski definition) is 3. The highest BCUT2D eigenvalue weighted by Gasteiger charge is 1.93. The number of benzene rings is 1. The fraction of sp³-hybridized carbons (Fsp3) is 0.364. The third-order valence-corrected chi connectivity index (χ3v) is 1.98. The van der Waals surface area contributed by atoms with Crippen molar-refractivity contribution in [2.45, 2.75) is 13.3 Å². The summed E-state index contributed by atoms with van der Waals surface area (Å²) in [7, 11) is 0. The Morgan fingerprint density at radius 3 is 2.67 bits per heavy atom. The molecule has 0 unspecified atom stereocenters. The summed E-state index contributed by atoms with van der Waals surface area (Å²) in [6.45, 7) is 3.42. The SMILES string of the molecule is CCNC(N)=NCCc1ccc(O)cc1. The largest absolute Gasteiger partial charge is 0.508 e. The van der Waals surface area contributed by atoms with Crippen LogP contribution in [0, 0.1) is 0 Å². The van der Waals surface area contributed by atoms with Gasteiger partial charge in [0.05, 0.1) is 0 Å². The van der Waals surface area contributed by atoms with E-state index in [9.17, 15) is 0 Å². The molecule has 0 amide bonds. The number of aromatic hydroxyl groups is 1. The zero-order valence-corrected chi connectivity index (χ0v) is 8.90. The normalized spacial score (nSPS) is 11.4. The maximum Gasteiger partial charge on any atom is 0.188 e. The zero-order valence-electron chi connectivity index (χ0n) is 8.90. The third kappa shape index (κ3) is 4.35. The van der Waals surface area contributed by atoms with E-state index in [0.29, 0.717) is 12.5 Å². The summed E-state index contributed by atoms with van der Waals surface area (Å²) >= 11 is 0. The summed E-state index contributed by atoms with van der Waals surface area (Å²) in [5.41, 5.74) is 6.71. The van der Waals surface area contributed by atoms with E-state index < -0.39 is 0 Å². The van der Waals surface area contributed by atoms with Gasteiger partial charge in [-0.25, -0.2) is 0 Å². The van der Waals surface area contributed by atoms with Crippen LogP contribution >= 0.6 is 0 Å². The number of nitrogens with two attached hydrogens (primary N) is 1. The summed E-state index contributed by atoms with van der Waals surface area (Å²) in [5.74, 6) is 0.769. The van der Waals surface area contributed by atoms with Crippen LogP contribution in [0.2, 0.25) is 0 Å². The molecule has 1 rings (SSSR count). The Balaban J connectivity index is 2.37. The lowest BCUT2D eigenvalue weighted by molar-refractivity contribution is 0.475. The Kier molecular flexibility index (Phi) is 4.47. The molecule has 0 aliphatic heterocycles. The third-order valence-electron chi connectivity index (χ3n) is 1.98. The van der Waals surface area contributed by atoms with Crippen molar-refractivity contribution in [1.82, 2.24) is 5.32 Å². The van der Waals surface area contributed by atoms with Crippen molar-refractivity contribution >= 4 is 5.96 Å². The summed E-state index contributed by atoms with van der Waals surface area (Å²) < 4.78 is 0. The number of nitrogens with one attached hydrogen (secondary N) is 1. The quantitative estimate of drug-likeness (QED) is 0.506. The van der Waals surface area contributed by atoms with Crippen molar-refractivity contribution in [3.8, 4) is 5.75 Å². The Morgan fingerprint density at radius 2 is 2.07 bits per heavy atom. The Labute approximate surface area is 89.8 Å². The first kappa shape index (κ1) is 11.4. The van der Waals surface area contributed by atoms with Crippen LogP contribution in [0.5, 0.6) is 5.75 Å². The van der Waals surface area contributed by atoms with Gasteiger partial charge in [-0.2, -0.15) is 0 Å². The van der Waals surface area contributed by atoms with Crippen LogP contribution in [0.1, 0.15) is 12.5 Å². The second kappa shape index (κ2) is 5.90. The van der Waals surface area contributed by atoms with Crippen LogP contribution in [-0.2, 0) is 6.42 Å². The van der Waals surface area contributed by atoms with Gasteiger partial charge in [0.15, 0.2) is 5.96 Å². The molecule has 4 heteroatoms. The lowest BCUT2D eigenvalue weighted by atomic mass is 10.1. The van der Waals surface area contributed by atoms with E-state index in [1.807, 2.05) is 19.1 Å². The maximum atomic E-state index is 9.08. The number of guanidine groups is 1. The second-order valence-electron chi connectivity index (χ2n) is 3.21. The molecular weight excluding hydrogens is 190 g/mol. The molecule has 0 aromatic heterocycles. The van der Waals surface area contributed by atoms with Gasteiger partial charge in [0, 0.05) is 13.1 Å². The highest BCUT2D eigenvalue weighted by atomic mass is 16.3. The lowest BCUT2D eigenvalue weighted by Gasteiger charge is -2.02. The van der Waals surface area contributed by atoms with Crippen LogP contribution in [0.4, 0.5) is 0 Å². The van der Waals surface area contributed by atoms with E-state index >= 15 is 0 Å². The van der Waals surface area contributed by atoms with Crippen molar-refractivity contribution in [1.29, 1.82) is 0 Å². The van der Waals surface area contributed by atoms with Crippen molar-refractivity contribution in [3.63, 3.8) is 0 Å². The molecule has 0 saturated heterocycles. The van der Waals surface area contributed by atoms with Gasteiger partial charge >= 0.3 is 0 Å². The van der Waals surface area contributed by atoms with E-state index in [0.717, 1.165) is 18.5 Å². The number of hydrogen-bond acceptors (Lipinski definition) is 2.